The van der Waals surface area contributed by atoms with Gasteiger partial charge >= 0.3 is 6.03 Å². The SMILES string of the molecule is CN(C)C(=O)Nc1ccc(C(C)(C)CN)cc1. The van der Waals surface area contributed by atoms with Gasteiger partial charge in [0.25, 0.3) is 0 Å². The molecule has 0 aromatic heterocycles. The van der Waals surface area contributed by atoms with Gasteiger partial charge in [-0.15, -0.1) is 0 Å². The predicted octanol–water partition coefficient (Wildman–Crippen LogP) is 2.02. The summed E-state index contributed by atoms with van der Waals surface area (Å²) in [5.74, 6) is 0. The average Bonchev–Trinajstić information content (AvgIpc) is 2.29. The molecule has 0 bridgehead atoms. The first-order valence-corrected chi connectivity index (χ1v) is 5.66. The zero-order chi connectivity index (χ0) is 13.1. The number of nitrogens with zero attached hydrogens (tertiary/aromatic N) is 1. The van der Waals surface area contributed by atoms with E-state index in [2.05, 4.69) is 19.2 Å². The van der Waals surface area contributed by atoms with Crippen LogP contribution in [-0.2, 0) is 5.41 Å². The fraction of sp³-hybridized carbons (Fsp3) is 0.462. The smallest absolute Gasteiger partial charge is 0.321 e. The van der Waals surface area contributed by atoms with Crippen molar-refractivity contribution >= 4 is 11.7 Å². The van der Waals surface area contributed by atoms with E-state index in [1.54, 1.807) is 14.1 Å². The van der Waals surface area contributed by atoms with E-state index in [4.69, 9.17) is 5.73 Å². The van der Waals surface area contributed by atoms with Crippen LogP contribution in [0.4, 0.5) is 10.5 Å². The quantitative estimate of drug-likeness (QED) is 0.842. The van der Waals surface area contributed by atoms with Gasteiger partial charge in [0, 0.05) is 31.7 Å². The van der Waals surface area contributed by atoms with Crippen molar-refractivity contribution in [2.24, 2.45) is 5.73 Å². The molecule has 0 fully saturated rings. The molecule has 0 saturated heterocycles. The van der Waals surface area contributed by atoms with Crippen LogP contribution in [0.2, 0.25) is 0 Å². The van der Waals surface area contributed by atoms with E-state index in [1.807, 2.05) is 24.3 Å². The number of hydrogen-bond acceptors (Lipinski definition) is 2. The normalized spacial score (nSPS) is 11.1. The molecule has 0 atom stereocenters. The lowest BCUT2D eigenvalue weighted by molar-refractivity contribution is 0.230. The molecule has 17 heavy (non-hydrogen) atoms. The summed E-state index contributed by atoms with van der Waals surface area (Å²) in [4.78, 5) is 12.9. The second-order valence-electron chi connectivity index (χ2n) is 4.99. The van der Waals surface area contributed by atoms with Gasteiger partial charge in [-0.1, -0.05) is 26.0 Å². The highest BCUT2D eigenvalue weighted by Crippen LogP contribution is 2.23. The largest absolute Gasteiger partial charge is 0.331 e. The van der Waals surface area contributed by atoms with Crippen LogP contribution in [0, 0.1) is 0 Å². The number of nitrogens with one attached hydrogen (secondary N) is 1. The molecule has 3 N–H and O–H groups in total. The standard InChI is InChI=1S/C13H21N3O/c1-13(2,9-14)10-5-7-11(8-6-10)15-12(17)16(3)4/h5-8H,9,14H2,1-4H3,(H,15,17). The Hall–Kier alpha value is -1.55. The van der Waals surface area contributed by atoms with Crippen LogP contribution in [-0.4, -0.2) is 31.6 Å². The number of rotatable bonds is 3. The van der Waals surface area contributed by atoms with Crippen molar-refractivity contribution in [1.82, 2.24) is 4.90 Å². The van der Waals surface area contributed by atoms with Gasteiger partial charge in [-0.25, -0.2) is 4.79 Å². The van der Waals surface area contributed by atoms with E-state index in [0.717, 1.165) is 5.69 Å². The van der Waals surface area contributed by atoms with Crippen molar-refractivity contribution in [2.75, 3.05) is 26.0 Å². The van der Waals surface area contributed by atoms with Crippen LogP contribution in [0.25, 0.3) is 0 Å². The molecule has 0 radical (unpaired) electrons. The van der Waals surface area contributed by atoms with Crippen LogP contribution >= 0.6 is 0 Å². The molecule has 2 amide bonds. The number of hydrogen-bond donors (Lipinski definition) is 2. The molecule has 0 spiro atoms. The maximum Gasteiger partial charge on any atom is 0.321 e. The van der Waals surface area contributed by atoms with Gasteiger partial charge < -0.3 is 16.0 Å². The second-order valence-corrected chi connectivity index (χ2v) is 4.99. The van der Waals surface area contributed by atoms with E-state index in [-0.39, 0.29) is 11.4 Å². The van der Waals surface area contributed by atoms with Crippen LogP contribution in [0.15, 0.2) is 24.3 Å². The molecule has 1 aromatic carbocycles. The number of benzene rings is 1. The zero-order valence-electron chi connectivity index (χ0n) is 10.9. The first-order chi connectivity index (χ1) is 7.86. The number of carbonyl (C=O) groups is 1. The number of amides is 2. The molecule has 0 aliphatic carbocycles. The van der Waals surface area contributed by atoms with Gasteiger partial charge in [0.15, 0.2) is 0 Å². The third-order valence-corrected chi connectivity index (χ3v) is 2.83. The Kier molecular flexibility index (Phi) is 4.12. The third-order valence-electron chi connectivity index (χ3n) is 2.83. The lowest BCUT2D eigenvalue weighted by Crippen LogP contribution is -2.28. The number of nitrogens with two attached hydrogens (primary N) is 1. The summed E-state index contributed by atoms with van der Waals surface area (Å²) in [6, 6.07) is 7.66. The fourth-order valence-electron chi connectivity index (χ4n) is 1.36. The van der Waals surface area contributed by atoms with Crippen LogP contribution < -0.4 is 11.1 Å². The van der Waals surface area contributed by atoms with Crippen LogP contribution in [0.1, 0.15) is 19.4 Å². The maximum atomic E-state index is 11.4. The number of carbonyl (C=O) groups excluding carboxylic acids is 1. The molecule has 1 aromatic rings. The number of urea groups is 1. The Labute approximate surface area is 103 Å². The van der Waals surface area contributed by atoms with Gasteiger partial charge in [-0.2, -0.15) is 0 Å². The summed E-state index contributed by atoms with van der Waals surface area (Å²) < 4.78 is 0. The monoisotopic (exact) mass is 235 g/mol. The molecular weight excluding hydrogens is 214 g/mol. The minimum absolute atomic E-state index is 0.0376. The van der Waals surface area contributed by atoms with Crippen molar-refractivity contribution in [2.45, 2.75) is 19.3 Å². The van der Waals surface area contributed by atoms with Gasteiger partial charge in [-0.05, 0) is 17.7 Å². The maximum absolute atomic E-state index is 11.4. The Morgan fingerprint density at radius 3 is 2.24 bits per heavy atom. The first kappa shape index (κ1) is 13.5. The molecule has 1 rings (SSSR count). The molecule has 0 saturated carbocycles. The van der Waals surface area contributed by atoms with E-state index >= 15 is 0 Å². The summed E-state index contributed by atoms with van der Waals surface area (Å²) in [6.07, 6.45) is 0. The molecule has 4 nitrogen and oxygen atoms in total. The predicted molar refractivity (Wildman–Crippen MR) is 71.2 cm³/mol. The Bertz CT molecular complexity index is 382. The van der Waals surface area contributed by atoms with Crippen molar-refractivity contribution in [3.05, 3.63) is 29.8 Å². The summed E-state index contributed by atoms with van der Waals surface area (Å²) in [5, 5.41) is 2.79. The Morgan fingerprint density at radius 1 is 1.29 bits per heavy atom. The Morgan fingerprint density at radius 2 is 1.82 bits per heavy atom. The molecule has 0 unspecified atom stereocenters. The highest BCUT2D eigenvalue weighted by atomic mass is 16.2. The van der Waals surface area contributed by atoms with Crippen LogP contribution in [0.5, 0.6) is 0 Å². The summed E-state index contributed by atoms with van der Waals surface area (Å²) in [5.41, 5.74) is 7.64. The van der Waals surface area contributed by atoms with Crippen molar-refractivity contribution in [3.63, 3.8) is 0 Å². The van der Waals surface area contributed by atoms with Gasteiger partial charge in [0.1, 0.15) is 0 Å². The topological polar surface area (TPSA) is 58.4 Å². The molecular formula is C13H21N3O. The summed E-state index contributed by atoms with van der Waals surface area (Å²) >= 11 is 0. The lowest BCUT2D eigenvalue weighted by atomic mass is 9.85. The lowest BCUT2D eigenvalue weighted by Gasteiger charge is -2.23. The van der Waals surface area contributed by atoms with Gasteiger partial charge in [0.05, 0.1) is 0 Å². The van der Waals surface area contributed by atoms with E-state index in [0.29, 0.717) is 6.54 Å². The molecule has 0 aliphatic heterocycles. The highest BCUT2D eigenvalue weighted by molar-refractivity contribution is 5.88. The average molecular weight is 235 g/mol. The highest BCUT2D eigenvalue weighted by Gasteiger charge is 2.18. The zero-order valence-corrected chi connectivity index (χ0v) is 10.9. The third kappa shape index (κ3) is 3.46. The van der Waals surface area contributed by atoms with Crippen molar-refractivity contribution < 1.29 is 4.79 Å². The summed E-state index contributed by atoms with van der Waals surface area (Å²) in [6.45, 7) is 4.79. The first-order valence-electron chi connectivity index (χ1n) is 5.66. The minimum atomic E-state index is -0.129. The van der Waals surface area contributed by atoms with Crippen LogP contribution in [0.3, 0.4) is 0 Å². The molecule has 94 valence electrons. The Balaban J connectivity index is 2.79. The van der Waals surface area contributed by atoms with Gasteiger partial charge in [-0.3, -0.25) is 0 Å². The summed E-state index contributed by atoms with van der Waals surface area (Å²) in [7, 11) is 3.42. The van der Waals surface area contributed by atoms with Crippen molar-refractivity contribution in [1.29, 1.82) is 0 Å². The molecule has 4 heteroatoms. The minimum Gasteiger partial charge on any atom is -0.331 e. The van der Waals surface area contributed by atoms with E-state index in [9.17, 15) is 4.79 Å². The molecule has 0 heterocycles. The van der Waals surface area contributed by atoms with Crippen molar-refractivity contribution in [3.8, 4) is 0 Å². The number of anilines is 1. The fourth-order valence-corrected chi connectivity index (χ4v) is 1.36. The van der Waals surface area contributed by atoms with E-state index < -0.39 is 0 Å². The van der Waals surface area contributed by atoms with E-state index in [1.165, 1.54) is 10.5 Å². The van der Waals surface area contributed by atoms with Gasteiger partial charge in [0.2, 0.25) is 0 Å². The molecule has 0 aliphatic rings. The second kappa shape index (κ2) is 5.19.